The van der Waals surface area contributed by atoms with Crippen LogP contribution in [0.5, 0.6) is 0 Å². The van der Waals surface area contributed by atoms with E-state index in [9.17, 15) is 0 Å². The SMILES string of the molecule is Cn1c(-c2ccccn2)nc(C#N)c1Br. The molecule has 5 heteroatoms. The van der Waals surface area contributed by atoms with Gasteiger partial charge in [-0.1, -0.05) is 6.07 Å². The summed E-state index contributed by atoms with van der Waals surface area (Å²) in [5.41, 5.74) is 1.13. The molecule has 2 rings (SSSR count). The van der Waals surface area contributed by atoms with E-state index in [1.165, 1.54) is 0 Å². The van der Waals surface area contributed by atoms with Gasteiger partial charge in [0.1, 0.15) is 16.4 Å². The molecule has 0 bridgehead atoms. The highest BCUT2D eigenvalue weighted by Crippen LogP contribution is 2.22. The minimum Gasteiger partial charge on any atom is -0.319 e. The number of halogens is 1. The Kier molecular flexibility index (Phi) is 2.52. The fourth-order valence-corrected chi connectivity index (χ4v) is 1.62. The van der Waals surface area contributed by atoms with E-state index in [1.807, 2.05) is 31.3 Å². The van der Waals surface area contributed by atoms with Crippen LogP contribution >= 0.6 is 15.9 Å². The first-order valence-electron chi connectivity index (χ1n) is 4.27. The quantitative estimate of drug-likeness (QED) is 0.791. The smallest absolute Gasteiger partial charge is 0.173 e. The molecule has 0 amide bonds. The lowest BCUT2D eigenvalue weighted by Gasteiger charge is -2.00. The van der Waals surface area contributed by atoms with E-state index in [4.69, 9.17) is 5.26 Å². The van der Waals surface area contributed by atoms with E-state index < -0.39 is 0 Å². The number of nitriles is 1. The van der Waals surface area contributed by atoms with E-state index in [1.54, 1.807) is 10.8 Å². The molecule has 0 N–H and O–H groups in total. The zero-order chi connectivity index (χ0) is 10.8. The lowest BCUT2D eigenvalue weighted by molar-refractivity contribution is 0.895. The van der Waals surface area contributed by atoms with Gasteiger partial charge in [-0.3, -0.25) is 4.98 Å². The van der Waals surface area contributed by atoms with Crippen molar-refractivity contribution in [2.24, 2.45) is 7.05 Å². The van der Waals surface area contributed by atoms with Gasteiger partial charge in [-0.15, -0.1) is 0 Å². The zero-order valence-electron chi connectivity index (χ0n) is 7.98. The van der Waals surface area contributed by atoms with Crippen molar-refractivity contribution in [2.45, 2.75) is 0 Å². The van der Waals surface area contributed by atoms with Crippen LogP contribution in [0.1, 0.15) is 5.69 Å². The molecular formula is C10H7BrN4. The first-order chi connectivity index (χ1) is 7.24. The second-order valence-corrected chi connectivity index (χ2v) is 3.71. The molecule has 0 saturated heterocycles. The van der Waals surface area contributed by atoms with Gasteiger partial charge in [0.25, 0.3) is 0 Å². The third-order valence-corrected chi connectivity index (χ3v) is 2.93. The molecule has 4 nitrogen and oxygen atoms in total. The number of imidazole rings is 1. The molecule has 2 heterocycles. The van der Waals surface area contributed by atoms with Crippen molar-refractivity contribution in [3.63, 3.8) is 0 Å². The maximum Gasteiger partial charge on any atom is 0.173 e. The minimum atomic E-state index is 0.373. The van der Waals surface area contributed by atoms with Gasteiger partial charge in [0.15, 0.2) is 11.5 Å². The Morgan fingerprint density at radius 1 is 1.47 bits per heavy atom. The Morgan fingerprint density at radius 2 is 2.27 bits per heavy atom. The summed E-state index contributed by atoms with van der Waals surface area (Å²) in [6.07, 6.45) is 1.70. The first-order valence-corrected chi connectivity index (χ1v) is 5.07. The van der Waals surface area contributed by atoms with Crippen LogP contribution in [-0.2, 0) is 7.05 Å². The van der Waals surface area contributed by atoms with Gasteiger partial charge in [0.2, 0.25) is 0 Å². The molecule has 0 fully saturated rings. The molecule has 2 aromatic rings. The summed E-state index contributed by atoms with van der Waals surface area (Å²) in [7, 11) is 1.84. The zero-order valence-corrected chi connectivity index (χ0v) is 9.56. The summed E-state index contributed by atoms with van der Waals surface area (Å²) in [6.45, 7) is 0. The van der Waals surface area contributed by atoms with E-state index in [0.29, 0.717) is 16.1 Å². The van der Waals surface area contributed by atoms with Crippen LogP contribution < -0.4 is 0 Å². The topological polar surface area (TPSA) is 54.5 Å². The fraction of sp³-hybridized carbons (Fsp3) is 0.100. The van der Waals surface area contributed by atoms with Crippen molar-refractivity contribution in [3.8, 4) is 17.6 Å². The van der Waals surface area contributed by atoms with Crippen molar-refractivity contribution >= 4 is 15.9 Å². The number of pyridine rings is 1. The molecule has 0 aromatic carbocycles. The van der Waals surface area contributed by atoms with Gasteiger partial charge >= 0.3 is 0 Å². The summed E-state index contributed by atoms with van der Waals surface area (Å²) < 4.78 is 2.46. The van der Waals surface area contributed by atoms with Crippen molar-refractivity contribution in [1.29, 1.82) is 5.26 Å². The highest BCUT2D eigenvalue weighted by atomic mass is 79.9. The van der Waals surface area contributed by atoms with Crippen molar-refractivity contribution in [2.75, 3.05) is 0 Å². The van der Waals surface area contributed by atoms with Crippen LogP contribution in [0, 0.1) is 11.3 Å². The lowest BCUT2D eigenvalue weighted by Crippen LogP contribution is -1.94. The van der Waals surface area contributed by atoms with E-state index in [2.05, 4.69) is 25.9 Å². The minimum absolute atomic E-state index is 0.373. The van der Waals surface area contributed by atoms with Gasteiger partial charge in [-0.05, 0) is 28.1 Å². The standard InChI is InChI=1S/C10H7BrN4/c1-15-9(11)8(6-12)14-10(15)7-4-2-3-5-13-7/h2-5H,1H3. The Morgan fingerprint density at radius 3 is 2.80 bits per heavy atom. The van der Waals surface area contributed by atoms with E-state index in [-0.39, 0.29) is 0 Å². The van der Waals surface area contributed by atoms with Gasteiger partial charge in [-0.25, -0.2) is 4.98 Å². The summed E-state index contributed by atoms with van der Waals surface area (Å²) in [5.74, 6) is 0.680. The number of hydrogen-bond acceptors (Lipinski definition) is 3. The monoisotopic (exact) mass is 262 g/mol. The van der Waals surface area contributed by atoms with Crippen LogP contribution in [0.3, 0.4) is 0 Å². The van der Waals surface area contributed by atoms with Crippen molar-refractivity contribution in [1.82, 2.24) is 14.5 Å². The second kappa shape index (κ2) is 3.83. The first kappa shape index (κ1) is 9.87. The Labute approximate surface area is 95.3 Å². The summed E-state index contributed by atoms with van der Waals surface area (Å²) in [6, 6.07) is 7.60. The van der Waals surface area contributed by atoms with E-state index in [0.717, 1.165) is 5.69 Å². The Balaban J connectivity index is 2.61. The van der Waals surface area contributed by atoms with Gasteiger partial charge in [0, 0.05) is 13.2 Å². The van der Waals surface area contributed by atoms with Crippen LogP contribution in [0.15, 0.2) is 29.0 Å². The fourth-order valence-electron chi connectivity index (χ4n) is 1.27. The van der Waals surface area contributed by atoms with Gasteiger partial charge in [0.05, 0.1) is 0 Å². The highest BCUT2D eigenvalue weighted by molar-refractivity contribution is 9.10. The van der Waals surface area contributed by atoms with Crippen LogP contribution in [-0.4, -0.2) is 14.5 Å². The maximum atomic E-state index is 8.83. The molecule has 0 unspecified atom stereocenters. The second-order valence-electron chi connectivity index (χ2n) is 2.96. The number of rotatable bonds is 1. The molecule has 0 aliphatic rings. The van der Waals surface area contributed by atoms with Crippen LogP contribution in [0.25, 0.3) is 11.5 Å². The summed E-state index contributed by atoms with van der Waals surface area (Å²) in [5, 5.41) is 8.83. The third-order valence-electron chi connectivity index (χ3n) is 2.03. The average molecular weight is 263 g/mol. The third kappa shape index (κ3) is 1.64. The highest BCUT2D eigenvalue weighted by Gasteiger charge is 2.13. The van der Waals surface area contributed by atoms with Crippen LogP contribution in [0.4, 0.5) is 0 Å². The average Bonchev–Trinajstić information content (AvgIpc) is 2.57. The molecule has 0 saturated carbocycles. The molecule has 0 atom stereocenters. The summed E-state index contributed by atoms with van der Waals surface area (Å²) in [4.78, 5) is 8.38. The molecule has 0 spiro atoms. The Hall–Kier alpha value is -1.67. The van der Waals surface area contributed by atoms with Crippen molar-refractivity contribution in [3.05, 3.63) is 34.7 Å². The normalized spacial score (nSPS) is 9.93. The van der Waals surface area contributed by atoms with Gasteiger partial charge in [-0.2, -0.15) is 5.26 Å². The largest absolute Gasteiger partial charge is 0.319 e. The lowest BCUT2D eigenvalue weighted by atomic mass is 10.3. The van der Waals surface area contributed by atoms with Crippen LogP contribution in [0.2, 0.25) is 0 Å². The maximum absolute atomic E-state index is 8.83. The summed E-state index contributed by atoms with van der Waals surface area (Å²) >= 11 is 3.31. The number of aromatic nitrogens is 3. The molecule has 0 aliphatic carbocycles. The number of nitrogens with zero attached hydrogens (tertiary/aromatic N) is 4. The molecule has 0 radical (unpaired) electrons. The number of hydrogen-bond donors (Lipinski definition) is 0. The van der Waals surface area contributed by atoms with Gasteiger partial charge < -0.3 is 4.57 Å². The molecular weight excluding hydrogens is 256 g/mol. The molecule has 74 valence electrons. The van der Waals surface area contributed by atoms with Crippen molar-refractivity contribution < 1.29 is 0 Å². The predicted octanol–water partition coefficient (Wildman–Crippen LogP) is 2.12. The molecule has 2 aromatic heterocycles. The Bertz CT molecular complexity index is 524. The van der Waals surface area contributed by atoms with E-state index >= 15 is 0 Å². The molecule has 0 aliphatic heterocycles. The molecule has 15 heavy (non-hydrogen) atoms. The predicted molar refractivity (Wildman–Crippen MR) is 58.9 cm³/mol.